The van der Waals surface area contributed by atoms with Gasteiger partial charge in [-0.15, -0.1) is 0 Å². The summed E-state index contributed by atoms with van der Waals surface area (Å²) in [6.45, 7) is 0. The summed E-state index contributed by atoms with van der Waals surface area (Å²) >= 11 is 1.21. The van der Waals surface area contributed by atoms with Gasteiger partial charge >= 0.3 is 0 Å². The van der Waals surface area contributed by atoms with E-state index in [1.807, 2.05) is 0 Å². The van der Waals surface area contributed by atoms with Crippen LogP contribution in [0.1, 0.15) is 5.82 Å². The number of nitrogens with zero attached hydrogens (tertiary/aromatic N) is 2. The lowest BCUT2D eigenvalue weighted by molar-refractivity contribution is 1.01. The van der Waals surface area contributed by atoms with E-state index in [0.717, 1.165) is 0 Å². The summed E-state index contributed by atoms with van der Waals surface area (Å²) in [7, 11) is 0. The fourth-order valence-corrected chi connectivity index (χ4v) is 1.86. The molecule has 9 heteroatoms. The van der Waals surface area contributed by atoms with Gasteiger partial charge in [-0.3, -0.25) is 15.2 Å². The zero-order valence-electron chi connectivity index (χ0n) is 8.78. The Labute approximate surface area is 99.7 Å². The number of aromatic nitrogens is 4. The number of amidine groups is 1. The molecule has 0 saturated carbocycles. The van der Waals surface area contributed by atoms with E-state index < -0.39 is 0 Å². The van der Waals surface area contributed by atoms with Gasteiger partial charge in [-0.2, -0.15) is 4.98 Å². The third kappa shape index (κ3) is 2.56. The van der Waals surface area contributed by atoms with Crippen molar-refractivity contribution in [3.8, 4) is 0 Å². The third-order valence-corrected chi connectivity index (χ3v) is 2.74. The normalized spacial score (nSPS) is 10.8. The Morgan fingerprint density at radius 1 is 1.41 bits per heavy atom. The topological polar surface area (TPSA) is 150 Å². The van der Waals surface area contributed by atoms with Gasteiger partial charge in [0.1, 0.15) is 5.82 Å². The number of nitrogens with one attached hydrogen (secondary N) is 3. The van der Waals surface area contributed by atoms with E-state index >= 15 is 0 Å². The lowest BCUT2D eigenvalue weighted by Crippen LogP contribution is -2.10. The molecule has 0 unspecified atom stereocenters. The van der Waals surface area contributed by atoms with Crippen molar-refractivity contribution in [1.82, 2.24) is 19.9 Å². The second kappa shape index (κ2) is 4.45. The number of fused-ring (bicyclic) bond motifs is 1. The molecule has 0 amide bonds. The van der Waals surface area contributed by atoms with E-state index in [4.69, 9.17) is 16.9 Å². The number of hydrogen-bond donors (Lipinski definition) is 5. The fourth-order valence-electron chi connectivity index (χ4n) is 1.35. The number of imidazole rings is 1. The Morgan fingerprint density at radius 3 is 2.88 bits per heavy atom. The number of aryl methyl sites for hydroxylation is 1. The summed E-state index contributed by atoms with van der Waals surface area (Å²) in [6.07, 6.45) is 0.569. The highest BCUT2D eigenvalue weighted by atomic mass is 32.2. The number of aromatic amines is 2. The number of rotatable bonds is 3. The van der Waals surface area contributed by atoms with Gasteiger partial charge in [-0.1, -0.05) is 11.8 Å². The maximum atomic E-state index is 11.5. The number of anilines is 1. The molecule has 90 valence electrons. The molecule has 2 heterocycles. The SMILES string of the molecule is N=C(N)SCCc1nc2nc(N)[nH]c(=O)c2[nH]1. The highest BCUT2D eigenvalue weighted by molar-refractivity contribution is 8.13. The number of hydrogen-bond acceptors (Lipinski definition) is 6. The van der Waals surface area contributed by atoms with E-state index in [0.29, 0.717) is 29.2 Å². The first kappa shape index (κ1) is 11.5. The molecule has 0 spiro atoms. The zero-order valence-corrected chi connectivity index (χ0v) is 9.60. The quantitative estimate of drug-likeness (QED) is 0.364. The molecule has 0 aromatic carbocycles. The van der Waals surface area contributed by atoms with Crippen LogP contribution in [0.2, 0.25) is 0 Å². The molecule has 17 heavy (non-hydrogen) atoms. The highest BCUT2D eigenvalue weighted by Gasteiger charge is 2.08. The van der Waals surface area contributed by atoms with Gasteiger partial charge in [-0.25, -0.2) is 4.98 Å². The second-order valence-corrected chi connectivity index (χ2v) is 4.43. The van der Waals surface area contributed by atoms with Gasteiger partial charge < -0.3 is 16.5 Å². The molecule has 0 aliphatic carbocycles. The van der Waals surface area contributed by atoms with Crippen molar-refractivity contribution in [2.24, 2.45) is 5.73 Å². The van der Waals surface area contributed by atoms with Crippen LogP contribution in [0.15, 0.2) is 4.79 Å². The predicted molar refractivity (Wildman–Crippen MR) is 67.0 cm³/mol. The van der Waals surface area contributed by atoms with Crippen molar-refractivity contribution < 1.29 is 0 Å². The molecule has 2 rings (SSSR count). The maximum absolute atomic E-state index is 11.5. The van der Waals surface area contributed by atoms with E-state index in [1.165, 1.54) is 11.8 Å². The summed E-state index contributed by atoms with van der Waals surface area (Å²) in [5, 5.41) is 7.11. The molecule has 0 atom stereocenters. The van der Waals surface area contributed by atoms with Crippen molar-refractivity contribution in [2.75, 3.05) is 11.5 Å². The average molecular weight is 253 g/mol. The molecule has 7 N–H and O–H groups in total. The summed E-state index contributed by atoms with van der Waals surface area (Å²) in [4.78, 5) is 24.8. The van der Waals surface area contributed by atoms with E-state index in [-0.39, 0.29) is 16.7 Å². The van der Waals surface area contributed by atoms with Gasteiger partial charge in [0.15, 0.2) is 16.3 Å². The first-order valence-electron chi connectivity index (χ1n) is 4.77. The minimum Gasteiger partial charge on any atom is -0.379 e. The molecule has 2 aromatic rings. The van der Waals surface area contributed by atoms with Crippen LogP contribution in [-0.4, -0.2) is 30.9 Å². The van der Waals surface area contributed by atoms with Crippen molar-refractivity contribution >= 4 is 34.0 Å². The van der Waals surface area contributed by atoms with Crippen LogP contribution in [-0.2, 0) is 6.42 Å². The smallest absolute Gasteiger partial charge is 0.278 e. The Bertz CT molecular complexity index is 616. The van der Waals surface area contributed by atoms with Crippen LogP contribution in [0.25, 0.3) is 11.2 Å². The van der Waals surface area contributed by atoms with E-state index in [1.54, 1.807) is 0 Å². The first-order valence-corrected chi connectivity index (χ1v) is 5.76. The molecule has 8 nitrogen and oxygen atoms in total. The van der Waals surface area contributed by atoms with Crippen molar-refractivity contribution in [2.45, 2.75) is 6.42 Å². The summed E-state index contributed by atoms with van der Waals surface area (Å²) in [5.41, 5.74) is 10.9. The Morgan fingerprint density at radius 2 is 2.18 bits per heavy atom. The van der Waals surface area contributed by atoms with Crippen LogP contribution in [0, 0.1) is 5.41 Å². The molecule has 0 aliphatic rings. The Balaban J connectivity index is 2.23. The van der Waals surface area contributed by atoms with Crippen LogP contribution in [0.4, 0.5) is 5.95 Å². The number of nitrogens with two attached hydrogens (primary N) is 2. The number of nitrogen functional groups attached to an aromatic ring is 1. The van der Waals surface area contributed by atoms with Crippen molar-refractivity contribution in [3.63, 3.8) is 0 Å². The van der Waals surface area contributed by atoms with Crippen molar-refractivity contribution in [1.29, 1.82) is 5.41 Å². The molecule has 0 saturated heterocycles. The molecular formula is C8H11N7OS. The molecule has 0 aliphatic heterocycles. The van der Waals surface area contributed by atoms with E-state index in [2.05, 4.69) is 19.9 Å². The van der Waals surface area contributed by atoms with Crippen LogP contribution in [0.5, 0.6) is 0 Å². The largest absolute Gasteiger partial charge is 0.379 e. The Kier molecular flexibility index (Phi) is 3.00. The molecule has 2 aromatic heterocycles. The van der Waals surface area contributed by atoms with Crippen LogP contribution >= 0.6 is 11.8 Å². The average Bonchev–Trinajstić information content (AvgIpc) is 2.60. The Hall–Kier alpha value is -2.03. The zero-order chi connectivity index (χ0) is 12.4. The summed E-state index contributed by atoms with van der Waals surface area (Å²) in [6, 6.07) is 0. The standard InChI is InChI=1S/C8H11N7OS/c9-7(10)17-2-1-3-12-4-5(13-3)14-8(11)15-6(4)16/h1-2H2,(H3,9,10)(H4,11,12,13,14,15,16). The minimum absolute atomic E-state index is 0.0404. The van der Waals surface area contributed by atoms with Gasteiger partial charge in [0, 0.05) is 12.2 Å². The molecule has 0 radical (unpaired) electrons. The van der Waals surface area contributed by atoms with Crippen LogP contribution in [0.3, 0.4) is 0 Å². The fraction of sp³-hybridized carbons (Fsp3) is 0.250. The molecule has 0 bridgehead atoms. The number of thioether (sulfide) groups is 1. The molecule has 0 fully saturated rings. The lowest BCUT2D eigenvalue weighted by Gasteiger charge is -1.94. The van der Waals surface area contributed by atoms with Crippen LogP contribution < -0.4 is 17.0 Å². The lowest BCUT2D eigenvalue weighted by atomic mass is 10.5. The molecular weight excluding hydrogens is 242 g/mol. The van der Waals surface area contributed by atoms with Gasteiger partial charge in [0.05, 0.1) is 0 Å². The monoisotopic (exact) mass is 253 g/mol. The third-order valence-electron chi connectivity index (χ3n) is 2.03. The van der Waals surface area contributed by atoms with Gasteiger partial charge in [-0.05, 0) is 0 Å². The maximum Gasteiger partial charge on any atom is 0.278 e. The highest BCUT2D eigenvalue weighted by Crippen LogP contribution is 2.08. The second-order valence-electron chi connectivity index (χ2n) is 3.30. The van der Waals surface area contributed by atoms with Crippen molar-refractivity contribution in [3.05, 3.63) is 16.2 Å². The first-order chi connectivity index (χ1) is 8.06. The summed E-state index contributed by atoms with van der Waals surface area (Å²) in [5.74, 6) is 1.28. The van der Waals surface area contributed by atoms with Gasteiger partial charge in [0.2, 0.25) is 5.95 Å². The number of H-pyrrole nitrogens is 2. The van der Waals surface area contributed by atoms with Gasteiger partial charge in [0.25, 0.3) is 5.56 Å². The minimum atomic E-state index is -0.342. The van der Waals surface area contributed by atoms with E-state index in [9.17, 15) is 4.79 Å². The predicted octanol–water partition coefficient (Wildman–Crippen LogP) is -0.602. The summed E-state index contributed by atoms with van der Waals surface area (Å²) < 4.78 is 0.